The number of hydrogen-bond donors (Lipinski definition) is 2. The predicted molar refractivity (Wildman–Crippen MR) is 119 cm³/mol. The lowest BCUT2D eigenvalue weighted by Gasteiger charge is -2.39. The molecule has 1 aliphatic heterocycles. The third-order valence-corrected chi connectivity index (χ3v) is 5.76. The molecule has 2 aromatic heterocycles. The van der Waals surface area contributed by atoms with E-state index < -0.39 is 17.6 Å². The van der Waals surface area contributed by atoms with Crippen molar-refractivity contribution >= 4 is 5.97 Å². The molecule has 2 N–H and O–H groups in total. The van der Waals surface area contributed by atoms with Crippen LogP contribution >= 0.6 is 0 Å². The van der Waals surface area contributed by atoms with Crippen molar-refractivity contribution in [3.8, 4) is 11.7 Å². The van der Waals surface area contributed by atoms with Crippen molar-refractivity contribution in [2.24, 2.45) is 0 Å². The first-order valence-corrected chi connectivity index (χ1v) is 10.5. The number of carbonyl (C=O) groups is 1. The fourth-order valence-electron chi connectivity index (χ4n) is 4.43. The van der Waals surface area contributed by atoms with E-state index in [0.717, 1.165) is 11.3 Å². The summed E-state index contributed by atoms with van der Waals surface area (Å²) in [5, 5.41) is 22.2. The minimum absolute atomic E-state index is 0.0122. The fourth-order valence-corrected chi connectivity index (χ4v) is 4.43. The molecule has 4 aromatic rings. The Hall–Kier alpha value is -4.11. The summed E-state index contributed by atoms with van der Waals surface area (Å²) in [5.74, 6) is -0.492. The largest absolute Gasteiger partial charge is 0.478 e. The second kappa shape index (κ2) is 8.10. The Bertz CT molecular complexity index is 1300. The van der Waals surface area contributed by atoms with Crippen LogP contribution < -0.4 is 10.1 Å². The Morgan fingerprint density at radius 1 is 1.09 bits per heavy atom. The molecule has 0 saturated carbocycles. The molecule has 2 atom stereocenters. The second-order valence-corrected chi connectivity index (χ2v) is 7.93. The number of aromatic nitrogens is 5. The lowest BCUT2D eigenvalue weighted by Crippen LogP contribution is -2.57. The van der Waals surface area contributed by atoms with Gasteiger partial charge in [0.25, 0.3) is 0 Å². The first-order valence-electron chi connectivity index (χ1n) is 10.5. The van der Waals surface area contributed by atoms with Gasteiger partial charge >= 0.3 is 12.0 Å². The lowest BCUT2D eigenvalue weighted by molar-refractivity contribution is -0.149. The zero-order valence-electron chi connectivity index (χ0n) is 18.1. The van der Waals surface area contributed by atoms with Gasteiger partial charge in [-0.15, -0.1) is 10.2 Å². The van der Waals surface area contributed by atoms with Gasteiger partial charge in [-0.3, -0.25) is 9.88 Å². The lowest BCUT2D eigenvalue weighted by atomic mass is 9.77. The van der Waals surface area contributed by atoms with Crippen molar-refractivity contribution in [2.45, 2.75) is 32.0 Å². The number of rotatable bonds is 5. The van der Waals surface area contributed by atoms with Gasteiger partial charge in [0.2, 0.25) is 6.10 Å². The van der Waals surface area contributed by atoms with Crippen LogP contribution in [0.15, 0.2) is 67.0 Å². The Kier molecular flexibility index (Phi) is 5.10. The van der Waals surface area contributed by atoms with Crippen molar-refractivity contribution in [2.75, 3.05) is 0 Å². The van der Waals surface area contributed by atoms with E-state index in [9.17, 15) is 9.90 Å². The van der Waals surface area contributed by atoms with E-state index in [0.29, 0.717) is 22.8 Å². The zero-order chi connectivity index (χ0) is 23.0. The highest BCUT2D eigenvalue weighted by molar-refractivity contribution is 5.77. The molecule has 9 heteroatoms. The van der Waals surface area contributed by atoms with Crippen molar-refractivity contribution < 1.29 is 14.6 Å². The van der Waals surface area contributed by atoms with Crippen LogP contribution in [0.1, 0.15) is 28.3 Å². The third-order valence-electron chi connectivity index (χ3n) is 5.76. The van der Waals surface area contributed by atoms with Crippen LogP contribution in [0.4, 0.5) is 0 Å². The van der Waals surface area contributed by atoms with Crippen LogP contribution in [0.5, 0.6) is 6.01 Å². The maximum Gasteiger partial charge on any atom is 0.347 e. The monoisotopic (exact) mass is 442 g/mol. The van der Waals surface area contributed by atoms with Crippen LogP contribution in [0.3, 0.4) is 0 Å². The summed E-state index contributed by atoms with van der Waals surface area (Å²) < 4.78 is 7.95. The molecule has 0 bridgehead atoms. The van der Waals surface area contributed by atoms with Crippen LogP contribution in [0.25, 0.3) is 5.69 Å². The van der Waals surface area contributed by atoms with Crippen LogP contribution in [-0.4, -0.2) is 41.9 Å². The number of hydrogen-bond acceptors (Lipinski definition) is 7. The van der Waals surface area contributed by atoms with Crippen molar-refractivity contribution in [3.63, 3.8) is 0 Å². The van der Waals surface area contributed by atoms with E-state index in [1.54, 1.807) is 12.4 Å². The number of aliphatic carboxylic acids is 1. The van der Waals surface area contributed by atoms with Gasteiger partial charge in [0.05, 0.1) is 12.2 Å². The molecule has 9 nitrogen and oxygen atoms in total. The number of benzene rings is 2. The molecule has 0 spiro atoms. The average molecular weight is 442 g/mol. The summed E-state index contributed by atoms with van der Waals surface area (Å²) in [5.41, 5.74) is 2.32. The van der Waals surface area contributed by atoms with Gasteiger partial charge in [-0.1, -0.05) is 48.5 Å². The van der Waals surface area contributed by atoms with E-state index in [2.05, 4.69) is 25.5 Å². The molecular weight excluding hydrogens is 420 g/mol. The van der Waals surface area contributed by atoms with E-state index in [4.69, 9.17) is 4.74 Å². The summed E-state index contributed by atoms with van der Waals surface area (Å²) in [6.07, 6.45) is 0.237. The number of nitrogens with zero attached hydrogens (tertiary/aromatic N) is 5. The molecule has 0 amide bonds. The predicted octanol–water partition coefficient (Wildman–Crippen LogP) is 2.55. The van der Waals surface area contributed by atoms with E-state index in [1.165, 1.54) is 0 Å². The molecule has 33 heavy (non-hydrogen) atoms. The molecule has 2 unspecified atom stereocenters. The molecule has 0 aliphatic carbocycles. The number of aryl methyl sites for hydroxylation is 2. The minimum atomic E-state index is -1.39. The van der Waals surface area contributed by atoms with Gasteiger partial charge in [0.15, 0.2) is 5.82 Å². The molecule has 0 fully saturated rings. The Labute approximate surface area is 190 Å². The van der Waals surface area contributed by atoms with Crippen LogP contribution in [0, 0.1) is 13.8 Å². The smallest absolute Gasteiger partial charge is 0.347 e. The SMILES string of the molecule is Cc1cc(C)nc(OC(C(=O)O)C2(c3ccccc3)NCc3nncn3-c3ccccc32)n1. The number of carboxylic acid groups (broad SMARTS) is 1. The average Bonchev–Trinajstić information content (AvgIpc) is 3.22. The van der Waals surface area contributed by atoms with Crippen molar-refractivity contribution in [1.82, 2.24) is 30.0 Å². The van der Waals surface area contributed by atoms with Crippen LogP contribution in [0.2, 0.25) is 0 Å². The topological polar surface area (TPSA) is 115 Å². The summed E-state index contributed by atoms with van der Waals surface area (Å²) in [4.78, 5) is 21.5. The van der Waals surface area contributed by atoms with Crippen LogP contribution in [-0.2, 0) is 16.9 Å². The van der Waals surface area contributed by atoms with Gasteiger partial charge < -0.3 is 9.84 Å². The van der Waals surface area contributed by atoms with E-state index in [1.807, 2.05) is 73.0 Å². The van der Waals surface area contributed by atoms with Gasteiger partial charge in [0, 0.05) is 17.0 Å². The van der Waals surface area contributed by atoms with E-state index >= 15 is 0 Å². The first-order chi connectivity index (χ1) is 16.0. The molecule has 2 aromatic carbocycles. The molecular formula is C24H22N6O3. The molecule has 0 saturated heterocycles. The maximum absolute atomic E-state index is 12.8. The first kappa shape index (κ1) is 20.8. The van der Waals surface area contributed by atoms with E-state index in [-0.39, 0.29) is 12.6 Å². The minimum Gasteiger partial charge on any atom is -0.478 e. The molecule has 166 valence electrons. The molecule has 3 heterocycles. The number of nitrogens with one attached hydrogen (secondary N) is 1. The molecule has 5 rings (SSSR count). The summed E-state index contributed by atoms with van der Waals surface area (Å²) in [6, 6.07) is 18.8. The van der Waals surface area contributed by atoms with Gasteiger partial charge in [0.1, 0.15) is 11.9 Å². The summed E-state index contributed by atoms with van der Waals surface area (Å²) >= 11 is 0. The normalized spacial score (nSPS) is 18.0. The van der Waals surface area contributed by atoms with Crippen molar-refractivity contribution in [3.05, 3.63) is 95.3 Å². The standard InChI is InChI=1S/C24H22N6O3/c1-15-12-16(2)28-23(27-15)33-21(22(31)32)24(17-8-4-3-5-9-17)18-10-6-7-11-19(18)30-14-26-29-20(30)13-25-24/h3-12,14,21,25H,13H2,1-2H3,(H,31,32). The highest BCUT2D eigenvalue weighted by Crippen LogP contribution is 2.40. The number of fused-ring (bicyclic) bond motifs is 3. The van der Waals surface area contributed by atoms with Crippen molar-refractivity contribution in [1.29, 1.82) is 0 Å². The maximum atomic E-state index is 12.8. The molecule has 1 aliphatic rings. The second-order valence-electron chi connectivity index (χ2n) is 7.93. The Morgan fingerprint density at radius 3 is 2.52 bits per heavy atom. The third kappa shape index (κ3) is 3.52. The number of ether oxygens (including phenoxy) is 1. The highest BCUT2D eigenvalue weighted by atomic mass is 16.5. The number of para-hydroxylation sites is 1. The quantitative estimate of drug-likeness (QED) is 0.485. The zero-order valence-corrected chi connectivity index (χ0v) is 18.1. The Morgan fingerprint density at radius 2 is 1.79 bits per heavy atom. The summed E-state index contributed by atoms with van der Waals surface area (Å²) in [6.45, 7) is 3.90. The van der Waals surface area contributed by atoms with Gasteiger partial charge in [-0.05, 0) is 31.5 Å². The Balaban J connectivity index is 1.77. The summed E-state index contributed by atoms with van der Waals surface area (Å²) in [7, 11) is 0. The number of carboxylic acids is 1. The molecule has 0 radical (unpaired) electrons. The van der Waals surface area contributed by atoms with Gasteiger partial charge in [-0.2, -0.15) is 0 Å². The highest BCUT2D eigenvalue weighted by Gasteiger charge is 2.51. The van der Waals surface area contributed by atoms with Gasteiger partial charge in [-0.25, -0.2) is 14.8 Å². The fraction of sp³-hybridized carbons (Fsp3) is 0.208.